The molecule has 0 amide bonds. The van der Waals surface area contributed by atoms with Crippen LogP contribution in [0.5, 0.6) is 0 Å². The molecule has 0 aliphatic carbocycles. The first kappa shape index (κ1) is 14.2. The van der Waals surface area contributed by atoms with E-state index in [1.807, 2.05) is 25.1 Å². The zero-order valence-electron chi connectivity index (χ0n) is 9.81. The van der Waals surface area contributed by atoms with Crippen LogP contribution in [0.1, 0.15) is 26.3 Å². The van der Waals surface area contributed by atoms with Crippen molar-refractivity contribution >= 4 is 34.8 Å². The maximum Gasteiger partial charge on any atom is 0.0624 e. The zero-order chi connectivity index (χ0) is 12.3. The predicted octanol–water partition coefficient (Wildman–Crippen LogP) is 5.44. The van der Waals surface area contributed by atoms with E-state index in [2.05, 4.69) is 13.8 Å². The van der Waals surface area contributed by atoms with Gasteiger partial charge in [-0.2, -0.15) is 0 Å². The summed E-state index contributed by atoms with van der Waals surface area (Å²) in [5, 5.41) is 1.41. The lowest BCUT2D eigenvalue weighted by Gasteiger charge is -2.24. The quantitative estimate of drug-likeness (QED) is 0.644. The molecule has 0 heterocycles. The maximum absolute atomic E-state index is 6.20. The van der Waals surface area contributed by atoms with E-state index in [0.29, 0.717) is 21.9 Å². The maximum atomic E-state index is 6.20. The lowest BCUT2D eigenvalue weighted by atomic mass is 9.87. The number of benzene rings is 1. The van der Waals surface area contributed by atoms with Crippen LogP contribution in [0, 0.1) is 11.8 Å². The molecule has 90 valence electrons. The molecule has 0 N–H and O–H groups in total. The van der Waals surface area contributed by atoms with Gasteiger partial charge in [0, 0.05) is 5.38 Å². The van der Waals surface area contributed by atoms with Gasteiger partial charge in [0.15, 0.2) is 0 Å². The lowest BCUT2D eigenvalue weighted by molar-refractivity contribution is 0.376. The molecule has 0 fully saturated rings. The van der Waals surface area contributed by atoms with E-state index >= 15 is 0 Å². The molecule has 0 bridgehead atoms. The molecule has 1 aromatic carbocycles. The fourth-order valence-corrected chi connectivity index (χ4v) is 2.67. The fourth-order valence-electron chi connectivity index (χ4n) is 1.89. The molecule has 0 saturated carbocycles. The average molecular weight is 280 g/mol. The summed E-state index contributed by atoms with van der Waals surface area (Å²) in [6.07, 6.45) is 0.877. The van der Waals surface area contributed by atoms with Crippen molar-refractivity contribution in [3.63, 3.8) is 0 Å². The zero-order valence-corrected chi connectivity index (χ0v) is 12.1. The number of hydrogen-bond acceptors (Lipinski definition) is 0. The summed E-state index contributed by atoms with van der Waals surface area (Å²) in [5.41, 5.74) is 1.08. The van der Waals surface area contributed by atoms with E-state index in [-0.39, 0.29) is 5.38 Å². The summed E-state index contributed by atoms with van der Waals surface area (Å²) in [6, 6.07) is 5.75. The number of rotatable bonds is 4. The molecule has 0 radical (unpaired) electrons. The lowest BCUT2D eigenvalue weighted by Crippen LogP contribution is -2.20. The van der Waals surface area contributed by atoms with E-state index in [4.69, 9.17) is 34.8 Å². The highest BCUT2D eigenvalue weighted by molar-refractivity contribution is 6.42. The predicted molar refractivity (Wildman–Crippen MR) is 73.8 cm³/mol. The first-order valence-corrected chi connectivity index (χ1v) is 6.69. The van der Waals surface area contributed by atoms with Crippen molar-refractivity contribution in [2.24, 2.45) is 11.8 Å². The molecule has 0 nitrogen and oxygen atoms in total. The van der Waals surface area contributed by atoms with Gasteiger partial charge in [-0.3, -0.25) is 0 Å². The van der Waals surface area contributed by atoms with Gasteiger partial charge in [-0.1, -0.05) is 49.2 Å². The Hall–Kier alpha value is 0.0900. The Morgan fingerprint density at radius 2 is 1.75 bits per heavy atom. The molecule has 0 saturated heterocycles. The van der Waals surface area contributed by atoms with Crippen molar-refractivity contribution in [3.8, 4) is 0 Å². The second kappa shape index (κ2) is 6.14. The van der Waals surface area contributed by atoms with Gasteiger partial charge in [0.1, 0.15) is 0 Å². The van der Waals surface area contributed by atoms with Gasteiger partial charge in [0.2, 0.25) is 0 Å². The highest BCUT2D eigenvalue weighted by Gasteiger charge is 2.20. The van der Waals surface area contributed by atoms with Gasteiger partial charge in [-0.25, -0.2) is 0 Å². The van der Waals surface area contributed by atoms with Gasteiger partial charge >= 0.3 is 0 Å². The second-order valence-electron chi connectivity index (χ2n) is 4.50. The van der Waals surface area contributed by atoms with Gasteiger partial charge in [-0.05, 0) is 36.8 Å². The molecule has 2 atom stereocenters. The van der Waals surface area contributed by atoms with E-state index in [9.17, 15) is 0 Å². The van der Waals surface area contributed by atoms with Gasteiger partial charge < -0.3 is 0 Å². The standard InChI is InChI=1S/C13H17Cl3/c1-8(2)11(9(3)14)7-10-5-4-6-12(15)13(10)16/h4-6,8-9,11H,7H2,1-3H3. The van der Waals surface area contributed by atoms with Crippen LogP contribution in [0.3, 0.4) is 0 Å². The van der Waals surface area contributed by atoms with E-state index in [0.717, 1.165) is 12.0 Å². The Morgan fingerprint density at radius 3 is 2.25 bits per heavy atom. The van der Waals surface area contributed by atoms with Crippen LogP contribution in [0.25, 0.3) is 0 Å². The molecule has 2 unspecified atom stereocenters. The fraction of sp³-hybridized carbons (Fsp3) is 0.538. The van der Waals surface area contributed by atoms with Crippen LogP contribution < -0.4 is 0 Å². The summed E-state index contributed by atoms with van der Waals surface area (Å²) in [6.45, 7) is 6.40. The summed E-state index contributed by atoms with van der Waals surface area (Å²) in [4.78, 5) is 0. The molecular weight excluding hydrogens is 263 g/mol. The third-order valence-electron chi connectivity index (χ3n) is 2.93. The van der Waals surface area contributed by atoms with Gasteiger partial charge in [0.05, 0.1) is 10.0 Å². The monoisotopic (exact) mass is 278 g/mol. The highest BCUT2D eigenvalue weighted by Crippen LogP contribution is 2.31. The molecule has 3 heteroatoms. The number of hydrogen-bond donors (Lipinski definition) is 0. The van der Waals surface area contributed by atoms with Crippen LogP contribution in [-0.4, -0.2) is 5.38 Å². The molecule has 0 spiro atoms. The van der Waals surface area contributed by atoms with Crippen LogP contribution in [0.2, 0.25) is 10.0 Å². The van der Waals surface area contributed by atoms with Gasteiger partial charge in [-0.15, -0.1) is 11.6 Å². The topological polar surface area (TPSA) is 0 Å². The van der Waals surface area contributed by atoms with Crippen LogP contribution >= 0.6 is 34.8 Å². The molecule has 0 aliphatic heterocycles. The Kier molecular flexibility index (Phi) is 5.43. The van der Waals surface area contributed by atoms with Crippen molar-refractivity contribution in [2.45, 2.75) is 32.6 Å². The van der Waals surface area contributed by atoms with Crippen molar-refractivity contribution < 1.29 is 0 Å². The summed E-state index contributed by atoms with van der Waals surface area (Å²) >= 11 is 18.4. The van der Waals surface area contributed by atoms with E-state index in [1.54, 1.807) is 0 Å². The Labute approximate surface area is 113 Å². The van der Waals surface area contributed by atoms with Crippen molar-refractivity contribution in [3.05, 3.63) is 33.8 Å². The smallest absolute Gasteiger partial charge is 0.0624 e. The van der Waals surface area contributed by atoms with E-state index < -0.39 is 0 Å². The minimum atomic E-state index is 0.134. The molecule has 16 heavy (non-hydrogen) atoms. The Bertz CT molecular complexity index is 337. The van der Waals surface area contributed by atoms with Crippen LogP contribution in [0.15, 0.2) is 18.2 Å². The molecule has 0 aromatic heterocycles. The normalized spacial score (nSPS) is 15.2. The summed E-state index contributed by atoms with van der Waals surface area (Å²) < 4.78 is 0. The first-order chi connectivity index (χ1) is 7.43. The number of halogens is 3. The minimum absolute atomic E-state index is 0.134. The largest absolute Gasteiger partial charge is 0.123 e. The van der Waals surface area contributed by atoms with Crippen molar-refractivity contribution in [1.29, 1.82) is 0 Å². The Morgan fingerprint density at radius 1 is 1.12 bits per heavy atom. The van der Waals surface area contributed by atoms with Crippen LogP contribution in [0.4, 0.5) is 0 Å². The van der Waals surface area contributed by atoms with Crippen LogP contribution in [-0.2, 0) is 6.42 Å². The van der Waals surface area contributed by atoms with Crippen molar-refractivity contribution in [2.75, 3.05) is 0 Å². The summed E-state index contributed by atoms with van der Waals surface area (Å²) in [5.74, 6) is 0.945. The molecule has 0 aliphatic rings. The number of alkyl halides is 1. The molecular formula is C13H17Cl3. The third kappa shape index (κ3) is 3.55. The first-order valence-electron chi connectivity index (χ1n) is 5.50. The third-order valence-corrected chi connectivity index (χ3v) is 4.12. The van der Waals surface area contributed by atoms with Gasteiger partial charge in [0.25, 0.3) is 0 Å². The minimum Gasteiger partial charge on any atom is -0.123 e. The molecule has 1 rings (SSSR count). The van der Waals surface area contributed by atoms with E-state index in [1.165, 1.54) is 0 Å². The SMILES string of the molecule is CC(C)C(Cc1cccc(Cl)c1Cl)C(C)Cl. The Balaban J connectivity index is 2.90. The molecule has 1 aromatic rings. The summed E-state index contributed by atoms with van der Waals surface area (Å²) in [7, 11) is 0. The highest BCUT2D eigenvalue weighted by atomic mass is 35.5. The van der Waals surface area contributed by atoms with Crippen molar-refractivity contribution in [1.82, 2.24) is 0 Å². The second-order valence-corrected chi connectivity index (χ2v) is 5.98. The average Bonchev–Trinajstić information content (AvgIpc) is 2.19.